The van der Waals surface area contributed by atoms with Crippen molar-refractivity contribution in [1.29, 1.82) is 0 Å². The Labute approximate surface area is 115 Å². The predicted molar refractivity (Wildman–Crippen MR) is 70.3 cm³/mol. The molecule has 1 atom stereocenters. The molecule has 1 rings (SSSR count). The van der Waals surface area contributed by atoms with Crippen LogP contribution in [0.5, 0.6) is 0 Å². The number of alkyl halides is 2. The Morgan fingerprint density at radius 2 is 2.00 bits per heavy atom. The van der Waals surface area contributed by atoms with Gasteiger partial charge in [-0.25, -0.2) is 8.42 Å². The van der Waals surface area contributed by atoms with Crippen LogP contribution >= 0.6 is 34.8 Å². The minimum atomic E-state index is -3.82. The quantitative estimate of drug-likeness (QED) is 0.869. The van der Waals surface area contributed by atoms with E-state index in [1.807, 2.05) is 0 Å². The SMILES string of the molecule is CCS(=O)(=O)C(Cl)(Cl)C(O)c1cccc(Cl)c1. The molecular weight excluding hydrogens is 307 g/mol. The second-order valence-corrected chi connectivity index (χ2v) is 8.14. The van der Waals surface area contributed by atoms with Crippen molar-refractivity contribution in [3.63, 3.8) is 0 Å². The molecule has 0 amide bonds. The summed E-state index contributed by atoms with van der Waals surface area (Å²) in [5, 5.41) is 10.3. The molecule has 96 valence electrons. The maximum Gasteiger partial charge on any atom is 0.247 e. The van der Waals surface area contributed by atoms with Crippen molar-refractivity contribution in [3.8, 4) is 0 Å². The Kier molecular flexibility index (Phi) is 4.72. The third-order valence-corrected chi connectivity index (χ3v) is 6.15. The van der Waals surface area contributed by atoms with Gasteiger partial charge in [0.15, 0.2) is 9.84 Å². The Bertz CT molecular complexity index is 499. The van der Waals surface area contributed by atoms with E-state index in [-0.39, 0.29) is 11.3 Å². The molecule has 1 N–H and O–H groups in total. The number of rotatable bonds is 4. The first-order chi connectivity index (χ1) is 7.72. The van der Waals surface area contributed by atoms with Gasteiger partial charge in [-0.3, -0.25) is 0 Å². The van der Waals surface area contributed by atoms with E-state index in [4.69, 9.17) is 34.8 Å². The smallest absolute Gasteiger partial charge is 0.247 e. The van der Waals surface area contributed by atoms with Gasteiger partial charge >= 0.3 is 0 Å². The molecule has 0 aromatic heterocycles. The first kappa shape index (κ1) is 15.1. The molecule has 0 fully saturated rings. The summed E-state index contributed by atoms with van der Waals surface area (Å²) in [6, 6.07) is 6.08. The second-order valence-electron chi connectivity index (χ2n) is 3.42. The van der Waals surface area contributed by atoms with Crippen LogP contribution in [0.15, 0.2) is 24.3 Å². The number of sulfone groups is 1. The van der Waals surface area contributed by atoms with Crippen molar-refractivity contribution in [1.82, 2.24) is 0 Å². The monoisotopic (exact) mass is 316 g/mol. The standard InChI is InChI=1S/C10H11Cl3O3S/c1-2-17(15,16)10(12,13)9(14)7-4-3-5-8(11)6-7/h3-6,9,14H,2H2,1H3. The first-order valence-corrected chi connectivity index (χ1v) is 7.54. The summed E-state index contributed by atoms with van der Waals surface area (Å²) in [7, 11) is -3.82. The van der Waals surface area contributed by atoms with Gasteiger partial charge < -0.3 is 5.11 Å². The van der Waals surface area contributed by atoms with E-state index >= 15 is 0 Å². The lowest BCUT2D eigenvalue weighted by Gasteiger charge is -2.25. The molecule has 0 saturated carbocycles. The van der Waals surface area contributed by atoms with Gasteiger partial charge in [0.2, 0.25) is 3.67 Å². The highest BCUT2D eigenvalue weighted by Gasteiger charge is 2.46. The first-order valence-electron chi connectivity index (χ1n) is 4.76. The zero-order valence-corrected chi connectivity index (χ0v) is 12.0. The lowest BCUT2D eigenvalue weighted by Crippen LogP contribution is -2.34. The van der Waals surface area contributed by atoms with Crippen LogP contribution in [-0.2, 0) is 9.84 Å². The Morgan fingerprint density at radius 3 is 2.47 bits per heavy atom. The predicted octanol–water partition coefficient (Wildman–Crippen LogP) is 2.94. The van der Waals surface area contributed by atoms with Crippen molar-refractivity contribution in [2.24, 2.45) is 0 Å². The van der Waals surface area contributed by atoms with E-state index < -0.39 is 19.6 Å². The Balaban J connectivity index is 3.17. The van der Waals surface area contributed by atoms with Crippen molar-refractivity contribution in [2.45, 2.75) is 16.7 Å². The molecule has 0 heterocycles. The molecule has 1 aromatic carbocycles. The third-order valence-electron chi connectivity index (χ3n) is 2.28. The van der Waals surface area contributed by atoms with Crippen molar-refractivity contribution >= 4 is 44.6 Å². The van der Waals surface area contributed by atoms with E-state index in [9.17, 15) is 13.5 Å². The maximum absolute atomic E-state index is 11.7. The molecule has 0 aliphatic rings. The van der Waals surface area contributed by atoms with Gasteiger partial charge in [0.05, 0.1) is 5.75 Å². The van der Waals surface area contributed by atoms with Crippen molar-refractivity contribution < 1.29 is 13.5 Å². The number of aliphatic hydroxyl groups excluding tert-OH is 1. The fraction of sp³-hybridized carbons (Fsp3) is 0.400. The van der Waals surface area contributed by atoms with Gasteiger partial charge in [-0.2, -0.15) is 0 Å². The summed E-state index contributed by atoms with van der Waals surface area (Å²) >= 11 is 17.2. The van der Waals surface area contributed by atoms with Gasteiger partial charge in [0, 0.05) is 5.02 Å². The lowest BCUT2D eigenvalue weighted by molar-refractivity contribution is 0.181. The lowest BCUT2D eigenvalue weighted by atomic mass is 10.1. The fourth-order valence-corrected chi connectivity index (χ4v) is 3.20. The van der Waals surface area contributed by atoms with Crippen LogP contribution in [0.4, 0.5) is 0 Å². The van der Waals surface area contributed by atoms with E-state index in [1.165, 1.54) is 19.1 Å². The van der Waals surface area contributed by atoms with Crippen molar-refractivity contribution in [2.75, 3.05) is 5.75 Å². The molecule has 17 heavy (non-hydrogen) atoms. The van der Waals surface area contributed by atoms with Gasteiger partial charge in [-0.15, -0.1) is 0 Å². The largest absolute Gasteiger partial charge is 0.384 e. The molecule has 0 bridgehead atoms. The number of aliphatic hydroxyl groups is 1. The van der Waals surface area contributed by atoms with Crippen molar-refractivity contribution in [3.05, 3.63) is 34.9 Å². The highest BCUT2D eigenvalue weighted by atomic mass is 35.5. The van der Waals surface area contributed by atoms with Crippen LogP contribution in [0.2, 0.25) is 5.02 Å². The van der Waals surface area contributed by atoms with Gasteiger partial charge in [0.1, 0.15) is 6.10 Å². The summed E-state index contributed by atoms with van der Waals surface area (Å²) in [5.41, 5.74) is 0.250. The van der Waals surface area contributed by atoms with Crippen LogP contribution in [0.25, 0.3) is 0 Å². The highest BCUT2D eigenvalue weighted by molar-refractivity contribution is 7.95. The van der Waals surface area contributed by atoms with E-state index in [2.05, 4.69) is 0 Å². The van der Waals surface area contributed by atoms with Gasteiger partial charge in [-0.05, 0) is 17.7 Å². The maximum atomic E-state index is 11.7. The summed E-state index contributed by atoms with van der Waals surface area (Å²) in [6.07, 6.45) is -1.56. The number of benzene rings is 1. The average molecular weight is 318 g/mol. The topological polar surface area (TPSA) is 54.4 Å². The molecule has 0 aliphatic carbocycles. The Hall–Kier alpha value is -0.000000000000000111. The van der Waals surface area contributed by atoms with Crippen LogP contribution < -0.4 is 0 Å². The van der Waals surface area contributed by atoms with Gasteiger partial charge in [0.25, 0.3) is 0 Å². The summed E-state index contributed by atoms with van der Waals surface area (Å²) in [4.78, 5) is 0. The molecule has 1 aromatic rings. The summed E-state index contributed by atoms with van der Waals surface area (Å²) in [6.45, 7) is 1.40. The van der Waals surface area contributed by atoms with Crippen LogP contribution in [0.3, 0.4) is 0 Å². The van der Waals surface area contributed by atoms with E-state index in [0.717, 1.165) is 0 Å². The fourth-order valence-electron chi connectivity index (χ4n) is 1.23. The zero-order valence-electron chi connectivity index (χ0n) is 8.90. The highest BCUT2D eigenvalue weighted by Crippen LogP contribution is 2.41. The van der Waals surface area contributed by atoms with E-state index in [0.29, 0.717) is 5.02 Å². The molecule has 0 aliphatic heterocycles. The number of halogens is 3. The minimum Gasteiger partial charge on any atom is -0.384 e. The van der Waals surface area contributed by atoms with Crippen LogP contribution in [0.1, 0.15) is 18.6 Å². The molecule has 0 spiro atoms. The van der Waals surface area contributed by atoms with Gasteiger partial charge in [-0.1, -0.05) is 53.9 Å². The number of hydrogen-bond donors (Lipinski definition) is 1. The average Bonchev–Trinajstić information content (AvgIpc) is 2.27. The third kappa shape index (κ3) is 3.06. The normalized spacial score (nSPS) is 14.6. The summed E-state index contributed by atoms with van der Waals surface area (Å²) in [5.74, 6) is -0.266. The van der Waals surface area contributed by atoms with Crippen LogP contribution in [-0.4, -0.2) is 22.9 Å². The number of hydrogen-bond acceptors (Lipinski definition) is 3. The molecule has 0 radical (unpaired) electrons. The zero-order chi connectivity index (χ0) is 13.3. The molecule has 7 heteroatoms. The molecule has 3 nitrogen and oxygen atoms in total. The molecular formula is C10H11Cl3O3S. The minimum absolute atomic E-state index is 0.250. The van der Waals surface area contributed by atoms with E-state index in [1.54, 1.807) is 12.1 Å². The summed E-state index contributed by atoms with van der Waals surface area (Å²) < 4.78 is 21.0. The van der Waals surface area contributed by atoms with Crippen LogP contribution in [0, 0.1) is 0 Å². The Morgan fingerprint density at radius 1 is 1.41 bits per heavy atom. The molecule has 0 saturated heterocycles. The molecule has 1 unspecified atom stereocenters. The second kappa shape index (κ2) is 5.33.